The lowest BCUT2D eigenvalue weighted by atomic mass is 10.0. The molecule has 0 aromatic heterocycles. The average molecular weight is 529 g/mol. The van der Waals surface area contributed by atoms with Crippen molar-refractivity contribution in [2.24, 2.45) is 5.92 Å². The molecule has 0 aliphatic heterocycles. The molecule has 0 heterocycles. The average Bonchev–Trinajstić information content (AvgIpc) is 2.84. The SMILES string of the molecule is CNCCCC(C)CCNC(=O)COCCc1ccc(F)cc1.O=CCOc1ccc(Cl)c(Cl)c1. The van der Waals surface area contributed by atoms with Gasteiger partial charge in [-0.1, -0.05) is 42.3 Å². The minimum absolute atomic E-state index is 0.0258. The first kappa shape index (κ1) is 30.8. The van der Waals surface area contributed by atoms with E-state index >= 15 is 0 Å². The van der Waals surface area contributed by atoms with Crippen LogP contribution in [0, 0.1) is 11.7 Å². The fourth-order valence-corrected chi connectivity index (χ4v) is 3.27. The number of carbonyl (C=O) groups is 2. The van der Waals surface area contributed by atoms with Crippen LogP contribution in [0.1, 0.15) is 31.7 Å². The van der Waals surface area contributed by atoms with Crippen LogP contribution in [0.15, 0.2) is 42.5 Å². The lowest BCUT2D eigenvalue weighted by Crippen LogP contribution is -2.29. The van der Waals surface area contributed by atoms with E-state index in [-0.39, 0.29) is 24.9 Å². The Bertz CT molecular complexity index is 869. The van der Waals surface area contributed by atoms with Gasteiger partial charge in [0.15, 0.2) is 6.29 Å². The maximum Gasteiger partial charge on any atom is 0.245 e. The van der Waals surface area contributed by atoms with E-state index in [9.17, 15) is 14.0 Å². The zero-order chi connectivity index (χ0) is 25.9. The van der Waals surface area contributed by atoms with Crippen molar-refractivity contribution in [2.75, 3.05) is 40.0 Å². The van der Waals surface area contributed by atoms with Crippen LogP contribution in [-0.4, -0.2) is 52.2 Å². The van der Waals surface area contributed by atoms with Crippen molar-refractivity contribution >= 4 is 35.4 Å². The van der Waals surface area contributed by atoms with E-state index in [0.29, 0.717) is 47.6 Å². The fourth-order valence-electron chi connectivity index (χ4n) is 2.98. The molecule has 0 aliphatic carbocycles. The lowest BCUT2D eigenvalue weighted by Gasteiger charge is -2.12. The van der Waals surface area contributed by atoms with Crippen LogP contribution in [0.4, 0.5) is 4.39 Å². The Morgan fingerprint density at radius 2 is 1.83 bits per heavy atom. The number of amides is 1. The van der Waals surface area contributed by atoms with Gasteiger partial charge in [0.1, 0.15) is 24.8 Å². The topological polar surface area (TPSA) is 76.7 Å². The van der Waals surface area contributed by atoms with Crippen molar-refractivity contribution in [3.63, 3.8) is 0 Å². The smallest absolute Gasteiger partial charge is 0.245 e. The molecule has 0 spiro atoms. The molecule has 0 radical (unpaired) electrons. The minimum Gasteiger partial charge on any atom is -0.486 e. The van der Waals surface area contributed by atoms with E-state index in [1.165, 1.54) is 18.6 Å². The first-order valence-electron chi connectivity index (χ1n) is 11.6. The predicted octanol–water partition coefficient (Wildman–Crippen LogP) is 5.10. The van der Waals surface area contributed by atoms with E-state index in [4.69, 9.17) is 32.7 Å². The van der Waals surface area contributed by atoms with Gasteiger partial charge in [0.05, 0.1) is 16.7 Å². The van der Waals surface area contributed by atoms with Gasteiger partial charge in [0, 0.05) is 12.6 Å². The Balaban J connectivity index is 0.000000427. The molecule has 1 amide bonds. The Hall–Kier alpha value is -2.19. The summed E-state index contributed by atoms with van der Waals surface area (Å²) in [5.74, 6) is 0.834. The summed E-state index contributed by atoms with van der Waals surface area (Å²) in [6, 6.07) is 11.1. The van der Waals surface area contributed by atoms with Gasteiger partial charge in [-0.05, 0) is 75.0 Å². The van der Waals surface area contributed by atoms with Crippen molar-refractivity contribution in [1.29, 1.82) is 0 Å². The molecule has 194 valence electrons. The second-order valence-corrected chi connectivity index (χ2v) is 8.79. The maximum absolute atomic E-state index is 12.8. The van der Waals surface area contributed by atoms with Crippen LogP contribution in [0.5, 0.6) is 5.75 Å². The summed E-state index contributed by atoms with van der Waals surface area (Å²) >= 11 is 11.4. The number of rotatable bonds is 15. The van der Waals surface area contributed by atoms with E-state index < -0.39 is 0 Å². The van der Waals surface area contributed by atoms with Gasteiger partial charge in [0.2, 0.25) is 5.91 Å². The van der Waals surface area contributed by atoms with Gasteiger partial charge in [-0.15, -0.1) is 0 Å². The molecule has 0 saturated carbocycles. The number of ether oxygens (including phenoxy) is 2. The first-order chi connectivity index (χ1) is 16.8. The molecule has 2 aromatic carbocycles. The van der Waals surface area contributed by atoms with Crippen LogP contribution < -0.4 is 15.4 Å². The van der Waals surface area contributed by atoms with Gasteiger partial charge in [0.25, 0.3) is 0 Å². The minimum atomic E-state index is -0.241. The number of halogens is 3. The van der Waals surface area contributed by atoms with Crippen molar-refractivity contribution < 1.29 is 23.5 Å². The molecule has 2 aromatic rings. The normalized spacial score (nSPS) is 11.2. The number of hydrogen-bond acceptors (Lipinski definition) is 5. The molecule has 35 heavy (non-hydrogen) atoms. The third kappa shape index (κ3) is 15.4. The van der Waals surface area contributed by atoms with Gasteiger partial charge in [-0.2, -0.15) is 0 Å². The van der Waals surface area contributed by atoms with E-state index in [2.05, 4.69) is 17.6 Å². The third-order valence-corrected chi connectivity index (χ3v) is 5.71. The van der Waals surface area contributed by atoms with Gasteiger partial charge in [-0.25, -0.2) is 4.39 Å². The monoisotopic (exact) mass is 528 g/mol. The summed E-state index contributed by atoms with van der Waals surface area (Å²) in [5, 5.41) is 6.90. The second kappa shape index (κ2) is 19.1. The summed E-state index contributed by atoms with van der Waals surface area (Å²) in [5.41, 5.74) is 1.00. The highest BCUT2D eigenvalue weighted by atomic mass is 35.5. The van der Waals surface area contributed by atoms with Crippen LogP contribution >= 0.6 is 23.2 Å². The Kier molecular flexibility index (Phi) is 16.8. The van der Waals surface area contributed by atoms with Crippen LogP contribution in [0.3, 0.4) is 0 Å². The molecule has 1 unspecified atom stereocenters. The van der Waals surface area contributed by atoms with Crippen LogP contribution in [-0.2, 0) is 20.7 Å². The molecule has 2 rings (SSSR count). The Labute approximate surface area is 217 Å². The second-order valence-electron chi connectivity index (χ2n) is 7.97. The number of benzene rings is 2. The highest BCUT2D eigenvalue weighted by Gasteiger charge is 2.05. The highest BCUT2D eigenvalue weighted by Crippen LogP contribution is 2.26. The third-order valence-electron chi connectivity index (χ3n) is 4.97. The zero-order valence-corrected chi connectivity index (χ0v) is 21.8. The predicted molar refractivity (Wildman–Crippen MR) is 139 cm³/mol. The van der Waals surface area contributed by atoms with Crippen LogP contribution in [0.25, 0.3) is 0 Å². The summed E-state index contributed by atoms with van der Waals surface area (Å²) in [6.07, 6.45) is 4.67. The van der Waals surface area contributed by atoms with Crippen molar-refractivity contribution in [2.45, 2.75) is 32.6 Å². The summed E-state index contributed by atoms with van der Waals surface area (Å²) in [4.78, 5) is 21.6. The van der Waals surface area contributed by atoms with Gasteiger partial charge >= 0.3 is 0 Å². The molecule has 0 saturated heterocycles. The number of hydrogen-bond donors (Lipinski definition) is 2. The molecule has 9 heteroatoms. The van der Waals surface area contributed by atoms with Gasteiger partial charge < -0.3 is 20.1 Å². The van der Waals surface area contributed by atoms with E-state index in [1.54, 1.807) is 30.3 Å². The zero-order valence-electron chi connectivity index (χ0n) is 20.3. The summed E-state index contributed by atoms with van der Waals surface area (Å²) in [7, 11) is 1.96. The standard InChI is InChI=1S/C18H29FN2O2.C8H6Cl2O2/c1-15(4-3-11-20-2)9-12-21-18(22)14-23-13-10-16-5-7-17(19)8-6-16;9-7-2-1-6(5-8(7)10)12-4-3-11/h5-8,15,20H,3-4,9-14H2,1-2H3,(H,21,22);1-3,5H,4H2. The van der Waals surface area contributed by atoms with E-state index in [1.807, 2.05) is 7.05 Å². The molecule has 6 nitrogen and oxygen atoms in total. The first-order valence-corrected chi connectivity index (χ1v) is 12.4. The fraction of sp³-hybridized carbons (Fsp3) is 0.462. The van der Waals surface area contributed by atoms with Crippen molar-refractivity contribution in [3.05, 3.63) is 63.9 Å². The molecular formula is C26H35Cl2FN2O4. The Morgan fingerprint density at radius 1 is 1.09 bits per heavy atom. The maximum atomic E-state index is 12.8. The van der Waals surface area contributed by atoms with Crippen molar-refractivity contribution in [3.8, 4) is 5.75 Å². The largest absolute Gasteiger partial charge is 0.486 e. The number of carbonyl (C=O) groups excluding carboxylic acids is 2. The quantitative estimate of drug-likeness (QED) is 0.248. The number of nitrogens with one attached hydrogen (secondary N) is 2. The lowest BCUT2D eigenvalue weighted by molar-refractivity contribution is -0.125. The summed E-state index contributed by atoms with van der Waals surface area (Å²) in [6.45, 7) is 4.51. The highest BCUT2D eigenvalue weighted by molar-refractivity contribution is 6.42. The van der Waals surface area contributed by atoms with Crippen LogP contribution in [0.2, 0.25) is 10.0 Å². The van der Waals surface area contributed by atoms with Gasteiger partial charge in [-0.3, -0.25) is 9.59 Å². The molecular weight excluding hydrogens is 494 g/mol. The number of aldehydes is 1. The molecule has 0 fully saturated rings. The molecule has 0 bridgehead atoms. The molecule has 0 aliphatic rings. The Morgan fingerprint density at radius 3 is 2.49 bits per heavy atom. The summed E-state index contributed by atoms with van der Waals surface area (Å²) < 4.78 is 23.1. The molecule has 1 atom stereocenters. The molecule has 2 N–H and O–H groups in total. The van der Waals surface area contributed by atoms with E-state index in [0.717, 1.165) is 24.9 Å². The van der Waals surface area contributed by atoms with Crippen molar-refractivity contribution in [1.82, 2.24) is 10.6 Å².